The number of carbonyl (C=O) groups is 1. The Balaban J connectivity index is 1.67. The van der Waals surface area contributed by atoms with Gasteiger partial charge in [0.25, 0.3) is 5.91 Å². The van der Waals surface area contributed by atoms with Crippen molar-refractivity contribution in [3.05, 3.63) is 52.8 Å². The van der Waals surface area contributed by atoms with Crippen molar-refractivity contribution in [2.45, 2.75) is 13.5 Å². The van der Waals surface area contributed by atoms with E-state index in [9.17, 15) is 4.79 Å². The lowest BCUT2D eigenvalue weighted by molar-refractivity contribution is 0.0736. The molecule has 0 spiro atoms. The van der Waals surface area contributed by atoms with Crippen molar-refractivity contribution in [2.24, 2.45) is 0 Å². The van der Waals surface area contributed by atoms with Crippen molar-refractivity contribution in [3.63, 3.8) is 0 Å². The van der Waals surface area contributed by atoms with Gasteiger partial charge in [-0.25, -0.2) is 0 Å². The van der Waals surface area contributed by atoms with Crippen molar-refractivity contribution < 1.29 is 4.79 Å². The molecule has 0 bridgehead atoms. The number of benzene rings is 1. The van der Waals surface area contributed by atoms with E-state index in [2.05, 4.69) is 52.0 Å². The van der Waals surface area contributed by atoms with Crippen molar-refractivity contribution >= 4 is 27.5 Å². The summed E-state index contributed by atoms with van der Waals surface area (Å²) in [5.74, 6) is 0.125. The fourth-order valence-electron chi connectivity index (χ4n) is 2.88. The number of para-hydroxylation sites is 1. The number of piperazine rings is 1. The number of hydrogen-bond donors (Lipinski definition) is 0. The maximum Gasteiger partial charge on any atom is 0.270 e. The van der Waals surface area contributed by atoms with Gasteiger partial charge in [-0.3, -0.25) is 4.79 Å². The maximum atomic E-state index is 12.7. The van der Waals surface area contributed by atoms with Crippen LogP contribution in [0.15, 0.2) is 47.1 Å². The normalized spacial score (nSPS) is 15.2. The summed E-state index contributed by atoms with van der Waals surface area (Å²) < 4.78 is 2.95. The standard InChI is InChI=1S/C17H20BrN3O/c1-2-19-13-14(18)12-16(19)17(22)21-10-8-20(9-11-21)15-6-4-3-5-7-15/h3-7,12-13H,2,8-11H2,1H3. The van der Waals surface area contributed by atoms with Gasteiger partial charge in [0.1, 0.15) is 5.69 Å². The Morgan fingerprint density at radius 3 is 2.45 bits per heavy atom. The summed E-state index contributed by atoms with van der Waals surface area (Å²) >= 11 is 3.46. The van der Waals surface area contributed by atoms with Crippen molar-refractivity contribution in [3.8, 4) is 0 Å². The van der Waals surface area contributed by atoms with Gasteiger partial charge in [0.05, 0.1) is 0 Å². The third kappa shape index (κ3) is 3.04. The molecule has 2 heterocycles. The predicted molar refractivity (Wildman–Crippen MR) is 92.4 cm³/mol. The lowest BCUT2D eigenvalue weighted by atomic mass is 10.2. The molecule has 0 unspecified atom stereocenters. The topological polar surface area (TPSA) is 28.5 Å². The Bertz CT molecular complexity index is 645. The van der Waals surface area contributed by atoms with E-state index in [4.69, 9.17) is 0 Å². The van der Waals surface area contributed by atoms with Crippen LogP contribution in [0.25, 0.3) is 0 Å². The van der Waals surface area contributed by atoms with Gasteiger partial charge in [-0.05, 0) is 41.1 Å². The number of hydrogen-bond acceptors (Lipinski definition) is 2. The summed E-state index contributed by atoms with van der Waals surface area (Å²) in [4.78, 5) is 17.0. The monoisotopic (exact) mass is 361 g/mol. The number of aromatic nitrogens is 1. The summed E-state index contributed by atoms with van der Waals surface area (Å²) in [7, 11) is 0. The Hall–Kier alpha value is -1.75. The van der Waals surface area contributed by atoms with Crippen molar-refractivity contribution in [2.75, 3.05) is 31.1 Å². The summed E-state index contributed by atoms with van der Waals surface area (Å²) in [6.07, 6.45) is 1.97. The van der Waals surface area contributed by atoms with Gasteiger partial charge in [-0.1, -0.05) is 18.2 Å². The first-order valence-electron chi connectivity index (χ1n) is 7.64. The average Bonchev–Trinajstić information content (AvgIpc) is 2.96. The number of rotatable bonds is 3. The molecule has 1 aliphatic rings. The fourth-order valence-corrected chi connectivity index (χ4v) is 3.35. The van der Waals surface area contributed by atoms with Gasteiger partial charge in [0, 0.05) is 49.1 Å². The van der Waals surface area contributed by atoms with E-state index in [1.54, 1.807) is 0 Å². The number of amides is 1. The number of nitrogens with zero attached hydrogens (tertiary/aromatic N) is 3. The molecule has 0 N–H and O–H groups in total. The van der Waals surface area contributed by atoms with Crippen LogP contribution in [-0.4, -0.2) is 41.6 Å². The highest BCUT2D eigenvalue weighted by atomic mass is 79.9. The van der Waals surface area contributed by atoms with Gasteiger partial charge in [0.15, 0.2) is 0 Å². The lowest BCUT2D eigenvalue weighted by Crippen LogP contribution is -2.49. The number of anilines is 1. The lowest BCUT2D eigenvalue weighted by Gasteiger charge is -2.36. The van der Waals surface area contributed by atoms with Crippen LogP contribution in [-0.2, 0) is 6.54 Å². The molecule has 22 heavy (non-hydrogen) atoms. The smallest absolute Gasteiger partial charge is 0.270 e. The van der Waals surface area contributed by atoms with E-state index in [-0.39, 0.29) is 5.91 Å². The molecule has 0 radical (unpaired) electrons. The highest BCUT2D eigenvalue weighted by Crippen LogP contribution is 2.19. The van der Waals surface area contributed by atoms with Crippen LogP contribution >= 0.6 is 15.9 Å². The van der Waals surface area contributed by atoms with Crippen LogP contribution in [0.2, 0.25) is 0 Å². The van der Waals surface area contributed by atoms with Gasteiger partial charge < -0.3 is 14.4 Å². The quantitative estimate of drug-likeness (QED) is 0.839. The van der Waals surface area contributed by atoms with Crippen LogP contribution in [0.1, 0.15) is 17.4 Å². The molecule has 1 amide bonds. The Labute approximate surface area is 139 Å². The first-order chi connectivity index (χ1) is 10.7. The first kappa shape index (κ1) is 15.2. The second kappa shape index (κ2) is 6.57. The molecule has 2 aromatic rings. The Kier molecular flexibility index (Phi) is 4.52. The third-order valence-corrected chi connectivity index (χ3v) is 4.54. The predicted octanol–water partition coefficient (Wildman–Crippen LogP) is 3.23. The van der Waals surface area contributed by atoms with E-state index in [0.29, 0.717) is 0 Å². The molecule has 1 fully saturated rings. The molecular weight excluding hydrogens is 342 g/mol. The van der Waals surface area contributed by atoms with Crippen molar-refractivity contribution in [1.29, 1.82) is 0 Å². The highest BCUT2D eigenvalue weighted by Gasteiger charge is 2.24. The van der Waals surface area contributed by atoms with E-state index in [1.807, 2.05) is 27.8 Å². The zero-order valence-corrected chi connectivity index (χ0v) is 14.3. The molecule has 0 atom stereocenters. The largest absolute Gasteiger partial charge is 0.368 e. The van der Waals surface area contributed by atoms with Gasteiger partial charge >= 0.3 is 0 Å². The Morgan fingerprint density at radius 2 is 1.82 bits per heavy atom. The molecule has 0 saturated carbocycles. The minimum atomic E-state index is 0.125. The van der Waals surface area contributed by atoms with Gasteiger partial charge in [0.2, 0.25) is 0 Å². The van der Waals surface area contributed by atoms with Crippen LogP contribution in [0.3, 0.4) is 0 Å². The average molecular weight is 362 g/mol. The van der Waals surface area contributed by atoms with Crippen molar-refractivity contribution in [1.82, 2.24) is 9.47 Å². The molecule has 3 rings (SSSR count). The molecule has 0 aliphatic carbocycles. The van der Waals surface area contributed by atoms with Crippen LogP contribution in [0, 0.1) is 0 Å². The zero-order valence-electron chi connectivity index (χ0n) is 12.7. The molecule has 1 aromatic heterocycles. The zero-order chi connectivity index (χ0) is 15.5. The SMILES string of the molecule is CCn1cc(Br)cc1C(=O)N1CCN(c2ccccc2)CC1. The second-order valence-corrected chi connectivity index (χ2v) is 6.36. The van der Waals surface area contributed by atoms with E-state index >= 15 is 0 Å². The summed E-state index contributed by atoms with van der Waals surface area (Å²) in [5.41, 5.74) is 2.00. The second-order valence-electron chi connectivity index (χ2n) is 5.44. The minimum Gasteiger partial charge on any atom is -0.368 e. The molecule has 116 valence electrons. The van der Waals surface area contributed by atoms with Gasteiger partial charge in [-0.15, -0.1) is 0 Å². The molecule has 4 nitrogen and oxygen atoms in total. The van der Waals surface area contributed by atoms with E-state index in [0.717, 1.165) is 42.9 Å². The van der Waals surface area contributed by atoms with Crippen LogP contribution in [0.5, 0.6) is 0 Å². The molecule has 1 aliphatic heterocycles. The fraction of sp³-hybridized carbons (Fsp3) is 0.353. The van der Waals surface area contributed by atoms with E-state index < -0.39 is 0 Å². The molecule has 5 heteroatoms. The van der Waals surface area contributed by atoms with Gasteiger partial charge in [-0.2, -0.15) is 0 Å². The number of aryl methyl sites for hydroxylation is 1. The Morgan fingerprint density at radius 1 is 1.14 bits per heavy atom. The highest BCUT2D eigenvalue weighted by molar-refractivity contribution is 9.10. The van der Waals surface area contributed by atoms with Crippen LogP contribution in [0.4, 0.5) is 5.69 Å². The summed E-state index contributed by atoms with van der Waals surface area (Å²) in [6.45, 7) is 6.14. The maximum absolute atomic E-state index is 12.7. The molecular formula is C17H20BrN3O. The summed E-state index contributed by atoms with van der Waals surface area (Å²) in [5, 5.41) is 0. The first-order valence-corrected chi connectivity index (χ1v) is 8.43. The van der Waals surface area contributed by atoms with E-state index in [1.165, 1.54) is 5.69 Å². The number of halogens is 1. The third-order valence-electron chi connectivity index (χ3n) is 4.11. The minimum absolute atomic E-state index is 0.125. The van der Waals surface area contributed by atoms with Crippen LogP contribution < -0.4 is 4.90 Å². The summed E-state index contributed by atoms with van der Waals surface area (Å²) in [6, 6.07) is 12.3. The molecule has 1 saturated heterocycles. The number of carbonyl (C=O) groups excluding carboxylic acids is 1. The molecule has 1 aromatic carbocycles.